The molecule has 0 saturated heterocycles. The Kier molecular flexibility index (Phi) is 4.64. The summed E-state index contributed by atoms with van der Waals surface area (Å²) >= 11 is 0. The van der Waals surface area contributed by atoms with Crippen LogP contribution >= 0.6 is 0 Å². The number of fused-ring (bicyclic) bond motifs is 1. The second-order valence-electron chi connectivity index (χ2n) is 7.96. The quantitative estimate of drug-likeness (QED) is 0.870. The minimum absolute atomic E-state index is 0.0398. The van der Waals surface area contributed by atoms with Crippen molar-refractivity contribution >= 4 is 6.03 Å². The Balaban J connectivity index is 1.59. The van der Waals surface area contributed by atoms with Crippen molar-refractivity contribution in [2.24, 2.45) is 0 Å². The number of rotatable bonds is 3. The van der Waals surface area contributed by atoms with E-state index in [4.69, 9.17) is 0 Å². The number of nitrogens with one attached hydrogen (secondary N) is 2. The van der Waals surface area contributed by atoms with E-state index in [1.807, 2.05) is 24.1 Å². The summed E-state index contributed by atoms with van der Waals surface area (Å²) < 4.78 is 13.4. The van der Waals surface area contributed by atoms with E-state index in [9.17, 15) is 9.18 Å². The van der Waals surface area contributed by atoms with Gasteiger partial charge in [0.25, 0.3) is 0 Å². The van der Waals surface area contributed by atoms with Crippen LogP contribution in [-0.4, -0.2) is 36.1 Å². The summed E-state index contributed by atoms with van der Waals surface area (Å²) in [5, 5.41) is 6.50. The summed E-state index contributed by atoms with van der Waals surface area (Å²) in [6.07, 6.45) is 2.70. The van der Waals surface area contributed by atoms with Gasteiger partial charge >= 0.3 is 6.03 Å². The Morgan fingerprint density at radius 2 is 1.85 bits per heavy atom. The number of amides is 2. The van der Waals surface area contributed by atoms with Crippen LogP contribution in [0.3, 0.4) is 0 Å². The molecule has 4 nitrogen and oxygen atoms in total. The Morgan fingerprint density at radius 1 is 1.15 bits per heavy atom. The SMILES string of the molecule is CNC1(C)CC(NC(=O)N2CCc3ccccc3[C@@H]2c2ccc(F)cc2)C1. The summed E-state index contributed by atoms with van der Waals surface area (Å²) in [5.74, 6) is -0.264. The highest BCUT2D eigenvalue weighted by molar-refractivity contribution is 5.76. The molecule has 2 aliphatic rings. The summed E-state index contributed by atoms with van der Waals surface area (Å²) in [6.45, 7) is 2.83. The molecule has 0 spiro atoms. The number of carbonyl (C=O) groups is 1. The first-order chi connectivity index (χ1) is 13.0. The van der Waals surface area contributed by atoms with E-state index >= 15 is 0 Å². The molecule has 4 rings (SSSR count). The van der Waals surface area contributed by atoms with Gasteiger partial charge in [-0.05, 0) is 62.1 Å². The monoisotopic (exact) mass is 367 g/mol. The Hall–Kier alpha value is -2.40. The maximum atomic E-state index is 13.4. The van der Waals surface area contributed by atoms with Crippen LogP contribution < -0.4 is 10.6 Å². The maximum absolute atomic E-state index is 13.4. The van der Waals surface area contributed by atoms with Crippen molar-refractivity contribution < 1.29 is 9.18 Å². The predicted molar refractivity (Wildman–Crippen MR) is 104 cm³/mol. The van der Waals surface area contributed by atoms with Gasteiger partial charge in [0, 0.05) is 18.1 Å². The fourth-order valence-electron chi connectivity index (χ4n) is 4.38. The third kappa shape index (κ3) is 3.44. The molecule has 1 fully saturated rings. The molecule has 2 aromatic rings. The number of carbonyl (C=O) groups excluding carboxylic acids is 1. The molecule has 1 atom stereocenters. The highest BCUT2D eigenvalue weighted by Crippen LogP contribution is 2.36. The van der Waals surface area contributed by atoms with E-state index in [1.54, 1.807) is 12.1 Å². The van der Waals surface area contributed by atoms with Crippen LogP contribution in [0.25, 0.3) is 0 Å². The van der Waals surface area contributed by atoms with Crippen LogP contribution in [0.1, 0.15) is 42.5 Å². The van der Waals surface area contributed by atoms with Gasteiger partial charge in [0.05, 0.1) is 6.04 Å². The minimum atomic E-state index is -0.264. The van der Waals surface area contributed by atoms with Gasteiger partial charge in [-0.2, -0.15) is 0 Å². The number of hydrogen-bond acceptors (Lipinski definition) is 2. The van der Waals surface area contributed by atoms with Gasteiger partial charge < -0.3 is 15.5 Å². The second kappa shape index (κ2) is 6.97. The highest BCUT2D eigenvalue weighted by Gasteiger charge is 2.41. The first kappa shape index (κ1) is 18.0. The van der Waals surface area contributed by atoms with Gasteiger partial charge in [-0.1, -0.05) is 36.4 Å². The number of benzene rings is 2. The number of hydrogen-bond donors (Lipinski definition) is 2. The van der Waals surface area contributed by atoms with Crippen LogP contribution in [0.4, 0.5) is 9.18 Å². The molecule has 0 radical (unpaired) electrons. The van der Waals surface area contributed by atoms with Crippen LogP contribution in [0, 0.1) is 5.82 Å². The predicted octanol–water partition coefficient (Wildman–Crippen LogP) is 3.62. The maximum Gasteiger partial charge on any atom is 0.318 e. The van der Waals surface area contributed by atoms with Crippen molar-refractivity contribution in [1.82, 2.24) is 15.5 Å². The number of halogens is 1. The molecule has 0 bridgehead atoms. The smallest absolute Gasteiger partial charge is 0.318 e. The Labute approximate surface area is 159 Å². The zero-order chi connectivity index (χ0) is 19.0. The normalized spacial score (nSPS) is 26.9. The van der Waals surface area contributed by atoms with E-state index < -0.39 is 0 Å². The lowest BCUT2D eigenvalue weighted by atomic mass is 9.74. The van der Waals surface area contributed by atoms with Crippen molar-refractivity contribution in [2.75, 3.05) is 13.6 Å². The van der Waals surface area contributed by atoms with Crippen molar-refractivity contribution in [2.45, 2.75) is 43.8 Å². The zero-order valence-corrected chi connectivity index (χ0v) is 15.8. The molecule has 1 heterocycles. The molecule has 27 heavy (non-hydrogen) atoms. The summed E-state index contributed by atoms with van der Waals surface area (Å²) in [6, 6.07) is 14.7. The molecule has 0 aromatic heterocycles. The lowest BCUT2D eigenvalue weighted by Gasteiger charge is -2.46. The van der Waals surface area contributed by atoms with Crippen LogP contribution in [0.5, 0.6) is 0 Å². The summed E-state index contributed by atoms with van der Waals surface area (Å²) in [4.78, 5) is 15.0. The average molecular weight is 367 g/mol. The number of nitrogens with zero attached hydrogens (tertiary/aromatic N) is 1. The first-order valence-corrected chi connectivity index (χ1v) is 9.58. The lowest BCUT2D eigenvalue weighted by molar-refractivity contribution is 0.136. The van der Waals surface area contributed by atoms with Gasteiger partial charge in [0.2, 0.25) is 0 Å². The van der Waals surface area contributed by atoms with E-state index in [1.165, 1.54) is 17.7 Å². The van der Waals surface area contributed by atoms with Crippen LogP contribution in [0.2, 0.25) is 0 Å². The van der Waals surface area contributed by atoms with Crippen LogP contribution in [-0.2, 0) is 6.42 Å². The molecule has 5 heteroatoms. The van der Waals surface area contributed by atoms with Crippen molar-refractivity contribution in [3.8, 4) is 0 Å². The molecule has 2 aromatic carbocycles. The van der Waals surface area contributed by atoms with Gasteiger partial charge in [0.1, 0.15) is 5.82 Å². The molecular formula is C22H26FN3O. The molecule has 0 unspecified atom stereocenters. The standard InChI is InChI=1S/C22H26FN3O/c1-22(24-2)13-18(14-22)25-21(27)26-12-11-15-5-3-4-6-19(15)20(26)16-7-9-17(23)10-8-16/h3-10,18,20,24H,11-14H2,1-2H3,(H,25,27)/t18?,20-,22?/m0/s1. The fraction of sp³-hybridized carbons (Fsp3) is 0.409. The topological polar surface area (TPSA) is 44.4 Å². The number of urea groups is 1. The third-order valence-corrected chi connectivity index (χ3v) is 6.06. The van der Waals surface area contributed by atoms with Gasteiger partial charge in [-0.15, -0.1) is 0 Å². The largest absolute Gasteiger partial charge is 0.335 e. The molecule has 1 aliphatic heterocycles. The summed E-state index contributed by atoms with van der Waals surface area (Å²) in [7, 11) is 1.96. The fourth-order valence-corrected chi connectivity index (χ4v) is 4.38. The first-order valence-electron chi connectivity index (χ1n) is 9.58. The Morgan fingerprint density at radius 3 is 2.56 bits per heavy atom. The van der Waals surface area contributed by atoms with Crippen molar-refractivity contribution in [3.63, 3.8) is 0 Å². The molecule has 2 amide bonds. The molecule has 142 valence electrons. The van der Waals surface area contributed by atoms with Gasteiger partial charge in [-0.25, -0.2) is 9.18 Å². The van der Waals surface area contributed by atoms with Gasteiger partial charge in [-0.3, -0.25) is 0 Å². The minimum Gasteiger partial charge on any atom is -0.335 e. The molecule has 2 N–H and O–H groups in total. The van der Waals surface area contributed by atoms with E-state index in [-0.39, 0.29) is 29.5 Å². The van der Waals surface area contributed by atoms with E-state index in [0.717, 1.165) is 30.4 Å². The van der Waals surface area contributed by atoms with Gasteiger partial charge in [0.15, 0.2) is 0 Å². The summed E-state index contributed by atoms with van der Waals surface area (Å²) in [5.41, 5.74) is 3.43. The zero-order valence-electron chi connectivity index (χ0n) is 15.8. The average Bonchev–Trinajstić information content (AvgIpc) is 2.66. The van der Waals surface area contributed by atoms with E-state index in [2.05, 4.69) is 29.7 Å². The van der Waals surface area contributed by atoms with Crippen LogP contribution in [0.15, 0.2) is 48.5 Å². The molecule has 1 aliphatic carbocycles. The van der Waals surface area contributed by atoms with E-state index in [0.29, 0.717) is 6.54 Å². The highest BCUT2D eigenvalue weighted by atomic mass is 19.1. The molecular weight excluding hydrogens is 341 g/mol. The Bertz CT molecular complexity index is 830. The van der Waals surface area contributed by atoms with Crippen molar-refractivity contribution in [1.29, 1.82) is 0 Å². The third-order valence-electron chi connectivity index (χ3n) is 6.06. The van der Waals surface area contributed by atoms with Crippen molar-refractivity contribution in [3.05, 3.63) is 71.0 Å². The second-order valence-corrected chi connectivity index (χ2v) is 7.96. The molecule has 1 saturated carbocycles. The lowest BCUT2D eigenvalue weighted by Crippen LogP contribution is -2.61.